The van der Waals surface area contributed by atoms with Gasteiger partial charge < -0.3 is 9.84 Å². The van der Waals surface area contributed by atoms with Gasteiger partial charge in [-0.2, -0.15) is 0 Å². The maximum atomic E-state index is 12.8. The standard InChI is InChI=1S/C24H27NO5S/c1-15-14-16-10-6-7-11-17(16)21(20(15)22(23(26)27)30-24(2,3)4)18-12-8-9-13-19(18)31(28,29)25-5/h6-14,22,25H,1-5H3,(H,26,27). The largest absolute Gasteiger partial charge is 0.479 e. The minimum atomic E-state index is -3.79. The molecule has 0 aliphatic carbocycles. The van der Waals surface area contributed by atoms with Gasteiger partial charge in [-0.25, -0.2) is 17.9 Å². The highest BCUT2D eigenvalue weighted by atomic mass is 32.2. The summed E-state index contributed by atoms with van der Waals surface area (Å²) in [5, 5.41) is 11.7. The minimum absolute atomic E-state index is 0.0781. The van der Waals surface area contributed by atoms with Crippen LogP contribution in [0.15, 0.2) is 59.5 Å². The molecule has 0 spiro atoms. The van der Waals surface area contributed by atoms with Crippen LogP contribution in [0.5, 0.6) is 0 Å². The van der Waals surface area contributed by atoms with Gasteiger partial charge in [0.15, 0.2) is 6.10 Å². The van der Waals surface area contributed by atoms with E-state index >= 15 is 0 Å². The highest BCUT2D eigenvalue weighted by Crippen LogP contribution is 2.42. The Morgan fingerprint density at radius 3 is 2.29 bits per heavy atom. The van der Waals surface area contributed by atoms with E-state index in [0.717, 1.165) is 10.8 Å². The molecule has 1 atom stereocenters. The third-order valence-electron chi connectivity index (χ3n) is 4.97. The van der Waals surface area contributed by atoms with Crippen LogP contribution >= 0.6 is 0 Å². The first kappa shape index (κ1) is 22.9. The van der Waals surface area contributed by atoms with Crippen LogP contribution in [0.25, 0.3) is 21.9 Å². The molecule has 0 aromatic heterocycles. The maximum absolute atomic E-state index is 12.8. The zero-order chi connectivity index (χ0) is 23.0. The molecule has 3 aromatic rings. The number of sulfonamides is 1. The summed E-state index contributed by atoms with van der Waals surface area (Å²) < 4.78 is 33.9. The SMILES string of the molecule is CNS(=O)(=O)c1ccccc1-c1c(C(OC(C)(C)C)C(=O)O)c(C)cc2ccccc12. The molecule has 2 N–H and O–H groups in total. The van der Waals surface area contributed by atoms with Crippen LogP contribution in [0.3, 0.4) is 0 Å². The minimum Gasteiger partial charge on any atom is -0.479 e. The van der Waals surface area contributed by atoms with E-state index in [9.17, 15) is 18.3 Å². The predicted molar refractivity (Wildman–Crippen MR) is 122 cm³/mol. The monoisotopic (exact) mass is 441 g/mol. The number of rotatable bonds is 6. The molecular weight excluding hydrogens is 414 g/mol. The topological polar surface area (TPSA) is 92.7 Å². The van der Waals surface area contributed by atoms with Gasteiger partial charge in [-0.05, 0) is 62.7 Å². The summed E-state index contributed by atoms with van der Waals surface area (Å²) in [7, 11) is -2.44. The first-order chi connectivity index (χ1) is 14.5. The van der Waals surface area contributed by atoms with E-state index < -0.39 is 27.7 Å². The highest BCUT2D eigenvalue weighted by molar-refractivity contribution is 7.89. The Kier molecular flexibility index (Phi) is 6.23. The van der Waals surface area contributed by atoms with E-state index in [1.165, 1.54) is 13.1 Å². The summed E-state index contributed by atoms with van der Waals surface area (Å²) in [5.74, 6) is -1.14. The lowest BCUT2D eigenvalue weighted by Gasteiger charge is -2.29. The van der Waals surface area contributed by atoms with Gasteiger partial charge in [-0.15, -0.1) is 0 Å². The highest BCUT2D eigenvalue weighted by Gasteiger charge is 2.32. The molecular formula is C24H27NO5S. The van der Waals surface area contributed by atoms with E-state index in [1.54, 1.807) is 39.0 Å². The van der Waals surface area contributed by atoms with Crippen molar-refractivity contribution in [2.24, 2.45) is 0 Å². The number of fused-ring (bicyclic) bond motifs is 1. The maximum Gasteiger partial charge on any atom is 0.337 e. The summed E-state index contributed by atoms with van der Waals surface area (Å²) in [5.41, 5.74) is 1.40. The van der Waals surface area contributed by atoms with E-state index in [1.807, 2.05) is 37.3 Å². The van der Waals surface area contributed by atoms with Crippen molar-refractivity contribution in [1.29, 1.82) is 0 Å². The second-order valence-electron chi connectivity index (χ2n) is 8.36. The van der Waals surface area contributed by atoms with Gasteiger partial charge >= 0.3 is 5.97 Å². The molecule has 0 fully saturated rings. The van der Waals surface area contributed by atoms with Gasteiger partial charge in [-0.1, -0.05) is 48.5 Å². The number of carbonyl (C=O) groups is 1. The third kappa shape index (κ3) is 4.63. The Bertz CT molecular complexity index is 1240. The number of ether oxygens (including phenoxy) is 1. The number of carboxylic acids is 1. The fraction of sp³-hybridized carbons (Fsp3) is 0.292. The second kappa shape index (κ2) is 8.42. The molecule has 7 heteroatoms. The fourth-order valence-corrected chi connectivity index (χ4v) is 4.67. The Morgan fingerprint density at radius 1 is 1.06 bits per heavy atom. The average molecular weight is 442 g/mol. The molecule has 6 nitrogen and oxygen atoms in total. The number of hydrogen-bond donors (Lipinski definition) is 2. The van der Waals surface area contributed by atoms with Crippen LogP contribution in [0.1, 0.15) is 38.0 Å². The van der Waals surface area contributed by atoms with Crippen molar-refractivity contribution in [1.82, 2.24) is 4.72 Å². The summed E-state index contributed by atoms with van der Waals surface area (Å²) >= 11 is 0. The number of hydrogen-bond acceptors (Lipinski definition) is 4. The molecule has 0 aliphatic rings. The predicted octanol–water partition coefficient (Wildman–Crippen LogP) is 4.66. The molecule has 0 saturated carbocycles. The average Bonchev–Trinajstić information content (AvgIpc) is 2.70. The van der Waals surface area contributed by atoms with Crippen molar-refractivity contribution >= 4 is 26.8 Å². The Balaban J connectivity index is 2.50. The fourth-order valence-electron chi connectivity index (χ4n) is 3.74. The van der Waals surface area contributed by atoms with Gasteiger partial charge in [0.25, 0.3) is 0 Å². The lowest BCUT2D eigenvalue weighted by molar-refractivity contribution is -0.160. The van der Waals surface area contributed by atoms with Crippen LogP contribution in [0.4, 0.5) is 0 Å². The van der Waals surface area contributed by atoms with Crippen LogP contribution in [-0.2, 0) is 19.6 Å². The van der Waals surface area contributed by atoms with Crippen molar-refractivity contribution in [3.63, 3.8) is 0 Å². The van der Waals surface area contributed by atoms with Crippen LogP contribution < -0.4 is 4.72 Å². The van der Waals surface area contributed by atoms with Gasteiger partial charge in [0.1, 0.15) is 0 Å². The Morgan fingerprint density at radius 2 is 1.68 bits per heavy atom. The Hall–Kier alpha value is -2.74. The lowest BCUT2D eigenvalue weighted by atomic mass is 9.87. The van der Waals surface area contributed by atoms with Gasteiger partial charge in [0.05, 0.1) is 10.5 Å². The van der Waals surface area contributed by atoms with Crippen molar-refractivity contribution in [2.75, 3.05) is 7.05 Å². The van der Waals surface area contributed by atoms with E-state index in [4.69, 9.17) is 4.74 Å². The first-order valence-electron chi connectivity index (χ1n) is 9.92. The summed E-state index contributed by atoms with van der Waals surface area (Å²) in [4.78, 5) is 12.4. The van der Waals surface area contributed by atoms with Crippen molar-refractivity contribution in [3.8, 4) is 11.1 Å². The number of benzene rings is 3. The second-order valence-corrected chi connectivity index (χ2v) is 10.2. The Labute approximate surface area is 182 Å². The van der Waals surface area contributed by atoms with Crippen molar-refractivity contribution in [3.05, 3.63) is 65.7 Å². The third-order valence-corrected chi connectivity index (χ3v) is 6.44. The molecule has 0 saturated heterocycles. The van der Waals surface area contributed by atoms with Gasteiger partial charge in [0, 0.05) is 11.1 Å². The number of nitrogens with one attached hydrogen (secondary N) is 1. The first-order valence-corrected chi connectivity index (χ1v) is 11.4. The number of aryl methyl sites for hydroxylation is 1. The van der Waals surface area contributed by atoms with Gasteiger partial charge in [0.2, 0.25) is 10.0 Å². The summed E-state index contributed by atoms with van der Waals surface area (Å²) in [6, 6.07) is 16.0. The van der Waals surface area contributed by atoms with Crippen LogP contribution in [0.2, 0.25) is 0 Å². The van der Waals surface area contributed by atoms with Crippen molar-refractivity contribution < 1.29 is 23.1 Å². The molecule has 1 unspecified atom stereocenters. The van der Waals surface area contributed by atoms with Crippen molar-refractivity contribution in [2.45, 2.75) is 44.3 Å². The summed E-state index contributed by atoms with van der Waals surface area (Å²) in [6.45, 7) is 7.19. The van der Waals surface area contributed by atoms with Crippen LogP contribution in [-0.4, -0.2) is 32.1 Å². The molecule has 31 heavy (non-hydrogen) atoms. The quantitative estimate of drug-likeness (QED) is 0.580. The van der Waals surface area contributed by atoms with Crippen LogP contribution in [0, 0.1) is 6.92 Å². The zero-order valence-electron chi connectivity index (χ0n) is 18.3. The molecule has 164 valence electrons. The number of aliphatic carboxylic acids is 1. The van der Waals surface area contributed by atoms with E-state index in [-0.39, 0.29) is 4.90 Å². The molecule has 0 aliphatic heterocycles. The number of carboxylic acid groups (broad SMARTS) is 1. The molecule has 0 bridgehead atoms. The zero-order valence-corrected chi connectivity index (χ0v) is 19.1. The van der Waals surface area contributed by atoms with Gasteiger partial charge in [-0.3, -0.25) is 0 Å². The molecule has 0 amide bonds. The normalized spacial score (nSPS) is 13.3. The molecule has 0 heterocycles. The lowest BCUT2D eigenvalue weighted by Crippen LogP contribution is -2.28. The molecule has 0 radical (unpaired) electrons. The van der Waals surface area contributed by atoms with E-state index in [2.05, 4.69) is 4.72 Å². The molecule has 3 aromatic carbocycles. The smallest absolute Gasteiger partial charge is 0.337 e. The van der Waals surface area contributed by atoms with E-state index in [0.29, 0.717) is 22.3 Å². The molecule has 3 rings (SSSR count). The summed E-state index contributed by atoms with van der Waals surface area (Å²) in [6.07, 6.45) is -1.27.